The van der Waals surface area contributed by atoms with E-state index in [1.165, 1.54) is 13.3 Å². The van der Waals surface area contributed by atoms with Crippen LogP contribution in [0.2, 0.25) is 5.02 Å². The number of nitrogens with zero attached hydrogens (tertiary/aromatic N) is 1. The molecule has 0 aliphatic carbocycles. The lowest BCUT2D eigenvalue weighted by atomic mass is 10.2. The Morgan fingerprint density at radius 1 is 1.33 bits per heavy atom. The van der Waals surface area contributed by atoms with Gasteiger partial charge in [0, 0.05) is 23.3 Å². The maximum atomic E-state index is 11.3. The molecular formula is C15H15ClN2O3. The molecular weight excluding hydrogens is 292 g/mol. The van der Waals surface area contributed by atoms with Crippen molar-refractivity contribution in [3.05, 3.63) is 58.4 Å². The number of carbonyl (C=O) groups is 1. The van der Waals surface area contributed by atoms with Crippen LogP contribution in [0.3, 0.4) is 0 Å². The minimum absolute atomic E-state index is 0.274. The van der Waals surface area contributed by atoms with Crippen LogP contribution >= 0.6 is 11.6 Å². The fourth-order valence-corrected chi connectivity index (χ4v) is 1.94. The van der Waals surface area contributed by atoms with E-state index in [-0.39, 0.29) is 6.61 Å². The molecule has 0 saturated heterocycles. The summed E-state index contributed by atoms with van der Waals surface area (Å²) in [7, 11) is 1.33. The van der Waals surface area contributed by atoms with Gasteiger partial charge < -0.3 is 15.2 Å². The topological polar surface area (TPSA) is 74.4 Å². The number of aromatic nitrogens is 1. The number of ether oxygens (including phenoxy) is 2. The summed E-state index contributed by atoms with van der Waals surface area (Å²) >= 11 is 5.91. The van der Waals surface area contributed by atoms with E-state index < -0.39 is 5.97 Å². The number of hydrogen-bond acceptors (Lipinski definition) is 5. The maximum absolute atomic E-state index is 11.3. The molecule has 0 unspecified atom stereocenters. The Balaban J connectivity index is 2.05. The SMILES string of the molecule is COC(=O)c1ccc(COc2ccc(Cl)cc2CN)nc1. The van der Waals surface area contributed by atoms with Crippen LogP contribution < -0.4 is 10.5 Å². The highest BCUT2D eigenvalue weighted by molar-refractivity contribution is 6.30. The average molecular weight is 307 g/mol. The number of carbonyl (C=O) groups excluding carboxylic acids is 1. The molecule has 0 amide bonds. The predicted molar refractivity (Wildman–Crippen MR) is 79.3 cm³/mol. The van der Waals surface area contributed by atoms with Crippen molar-refractivity contribution in [3.8, 4) is 5.75 Å². The molecule has 0 saturated carbocycles. The van der Waals surface area contributed by atoms with Gasteiger partial charge in [-0.3, -0.25) is 4.98 Å². The quantitative estimate of drug-likeness (QED) is 0.859. The summed E-state index contributed by atoms with van der Waals surface area (Å²) in [5.74, 6) is 0.249. The first-order chi connectivity index (χ1) is 10.1. The molecule has 110 valence electrons. The molecule has 2 aromatic rings. The van der Waals surface area contributed by atoms with Crippen molar-refractivity contribution >= 4 is 17.6 Å². The smallest absolute Gasteiger partial charge is 0.339 e. The van der Waals surface area contributed by atoms with E-state index in [2.05, 4.69) is 9.72 Å². The van der Waals surface area contributed by atoms with E-state index in [1.807, 2.05) is 0 Å². The molecule has 0 fully saturated rings. The third-order valence-corrected chi connectivity index (χ3v) is 3.10. The fourth-order valence-electron chi connectivity index (χ4n) is 1.75. The number of benzene rings is 1. The molecule has 0 spiro atoms. The number of rotatable bonds is 5. The molecule has 0 atom stereocenters. The van der Waals surface area contributed by atoms with Gasteiger partial charge in [0.2, 0.25) is 0 Å². The molecule has 0 bridgehead atoms. The summed E-state index contributed by atoms with van der Waals surface area (Å²) < 4.78 is 10.3. The summed E-state index contributed by atoms with van der Waals surface area (Å²) in [4.78, 5) is 15.5. The molecule has 1 aromatic heterocycles. The summed E-state index contributed by atoms with van der Waals surface area (Å²) in [5.41, 5.74) is 7.57. The second-order valence-corrected chi connectivity index (χ2v) is 4.71. The third kappa shape index (κ3) is 3.93. The third-order valence-electron chi connectivity index (χ3n) is 2.86. The molecule has 2 rings (SSSR count). The van der Waals surface area contributed by atoms with Crippen LogP contribution in [0.25, 0.3) is 0 Å². The second-order valence-electron chi connectivity index (χ2n) is 4.27. The predicted octanol–water partition coefficient (Wildman–Crippen LogP) is 2.56. The Morgan fingerprint density at radius 2 is 2.14 bits per heavy atom. The van der Waals surface area contributed by atoms with Crippen LogP contribution in [0.15, 0.2) is 36.5 Å². The summed E-state index contributed by atoms with van der Waals surface area (Å²) in [5, 5.41) is 0.614. The zero-order valence-corrected chi connectivity index (χ0v) is 12.3. The Kier molecular flexibility index (Phi) is 5.14. The molecule has 0 aliphatic heterocycles. The van der Waals surface area contributed by atoms with Crippen molar-refractivity contribution in [3.63, 3.8) is 0 Å². The van der Waals surface area contributed by atoms with Crippen molar-refractivity contribution < 1.29 is 14.3 Å². The van der Waals surface area contributed by atoms with Crippen molar-refractivity contribution in [2.24, 2.45) is 5.73 Å². The summed E-state index contributed by atoms with van der Waals surface area (Å²) in [6.07, 6.45) is 1.45. The standard InChI is InChI=1S/C15H15ClN2O3/c1-20-15(19)10-2-4-13(18-8-10)9-21-14-5-3-12(16)6-11(14)7-17/h2-6,8H,7,9,17H2,1H3. The van der Waals surface area contributed by atoms with Crippen LogP contribution in [0.5, 0.6) is 5.75 Å². The first-order valence-corrected chi connectivity index (χ1v) is 6.66. The average Bonchev–Trinajstić information content (AvgIpc) is 2.53. The van der Waals surface area contributed by atoms with Crippen molar-refractivity contribution in [1.82, 2.24) is 4.98 Å². The molecule has 2 N–H and O–H groups in total. The van der Waals surface area contributed by atoms with Gasteiger partial charge in [-0.05, 0) is 30.3 Å². The van der Waals surface area contributed by atoms with E-state index >= 15 is 0 Å². The molecule has 6 heteroatoms. The highest BCUT2D eigenvalue weighted by Gasteiger charge is 2.07. The maximum Gasteiger partial charge on any atom is 0.339 e. The van der Waals surface area contributed by atoms with E-state index in [0.717, 1.165) is 5.56 Å². The largest absolute Gasteiger partial charge is 0.487 e. The lowest BCUT2D eigenvalue weighted by Gasteiger charge is -2.10. The van der Waals surface area contributed by atoms with Crippen LogP contribution in [-0.4, -0.2) is 18.1 Å². The molecule has 0 radical (unpaired) electrons. The Hall–Kier alpha value is -2.11. The van der Waals surface area contributed by atoms with E-state index in [1.54, 1.807) is 30.3 Å². The number of nitrogens with two attached hydrogens (primary N) is 1. The Morgan fingerprint density at radius 3 is 2.76 bits per heavy atom. The minimum Gasteiger partial charge on any atom is -0.487 e. The van der Waals surface area contributed by atoms with Crippen LogP contribution in [0.1, 0.15) is 21.6 Å². The van der Waals surface area contributed by atoms with Gasteiger partial charge in [-0.2, -0.15) is 0 Å². The first-order valence-electron chi connectivity index (χ1n) is 6.28. The van der Waals surface area contributed by atoms with Gasteiger partial charge in [-0.1, -0.05) is 11.6 Å². The number of hydrogen-bond donors (Lipinski definition) is 1. The number of esters is 1. The van der Waals surface area contributed by atoms with E-state index in [4.69, 9.17) is 22.1 Å². The normalized spacial score (nSPS) is 10.2. The van der Waals surface area contributed by atoms with Gasteiger partial charge in [0.25, 0.3) is 0 Å². The molecule has 5 nitrogen and oxygen atoms in total. The Bertz CT molecular complexity index is 629. The molecule has 0 aliphatic rings. The van der Waals surface area contributed by atoms with Gasteiger partial charge in [0.05, 0.1) is 18.4 Å². The van der Waals surface area contributed by atoms with Crippen molar-refractivity contribution in [2.45, 2.75) is 13.2 Å². The fraction of sp³-hybridized carbons (Fsp3) is 0.200. The second kappa shape index (κ2) is 7.06. The van der Waals surface area contributed by atoms with Gasteiger partial charge in [0.15, 0.2) is 0 Å². The molecule has 1 aromatic carbocycles. The molecule has 1 heterocycles. The van der Waals surface area contributed by atoms with Crippen LogP contribution in [-0.2, 0) is 17.9 Å². The lowest BCUT2D eigenvalue weighted by Crippen LogP contribution is -2.05. The first kappa shape index (κ1) is 15.3. The van der Waals surface area contributed by atoms with Crippen molar-refractivity contribution in [1.29, 1.82) is 0 Å². The minimum atomic E-state index is -0.418. The lowest BCUT2D eigenvalue weighted by molar-refractivity contribution is 0.0600. The monoisotopic (exact) mass is 306 g/mol. The highest BCUT2D eigenvalue weighted by atomic mass is 35.5. The van der Waals surface area contributed by atoms with Gasteiger partial charge in [-0.25, -0.2) is 4.79 Å². The van der Waals surface area contributed by atoms with Gasteiger partial charge in [-0.15, -0.1) is 0 Å². The number of pyridine rings is 1. The zero-order valence-electron chi connectivity index (χ0n) is 11.5. The highest BCUT2D eigenvalue weighted by Crippen LogP contribution is 2.23. The number of methoxy groups -OCH3 is 1. The van der Waals surface area contributed by atoms with Crippen LogP contribution in [0.4, 0.5) is 0 Å². The summed E-state index contributed by atoms with van der Waals surface area (Å²) in [6, 6.07) is 8.63. The Labute approximate surface area is 127 Å². The van der Waals surface area contributed by atoms with Gasteiger partial charge >= 0.3 is 5.97 Å². The zero-order chi connectivity index (χ0) is 15.2. The molecule has 21 heavy (non-hydrogen) atoms. The van der Waals surface area contributed by atoms with E-state index in [0.29, 0.717) is 28.6 Å². The van der Waals surface area contributed by atoms with Gasteiger partial charge in [0.1, 0.15) is 12.4 Å². The summed E-state index contributed by atoms with van der Waals surface area (Å²) in [6.45, 7) is 0.612. The van der Waals surface area contributed by atoms with E-state index in [9.17, 15) is 4.79 Å². The van der Waals surface area contributed by atoms with Crippen LogP contribution in [0, 0.1) is 0 Å². The van der Waals surface area contributed by atoms with Crippen molar-refractivity contribution in [2.75, 3.05) is 7.11 Å². The number of halogens is 1.